The van der Waals surface area contributed by atoms with Crippen LogP contribution in [-0.4, -0.2) is 51.9 Å². The molecule has 2 N–H and O–H groups in total. The van der Waals surface area contributed by atoms with Crippen LogP contribution in [0.5, 0.6) is 0 Å². The number of para-hydroxylation sites is 3. The number of anilines is 1. The van der Waals surface area contributed by atoms with Crippen molar-refractivity contribution in [3.63, 3.8) is 0 Å². The van der Waals surface area contributed by atoms with Crippen molar-refractivity contribution in [2.45, 2.75) is 38.8 Å². The number of amides is 2. The number of carbonyl (C=O) groups excluding carboxylic acids is 2. The maximum atomic E-state index is 12.7. The number of piperidine rings is 1. The van der Waals surface area contributed by atoms with Crippen LogP contribution in [-0.2, 0) is 22.6 Å². The molecule has 1 aromatic heterocycles. The van der Waals surface area contributed by atoms with E-state index >= 15 is 0 Å². The Kier molecular flexibility index (Phi) is 6.62. The van der Waals surface area contributed by atoms with E-state index in [1.807, 2.05) is 59.2 Å². The zero-order chi connectivity index (χ0) is 21.6. The van der Waals surface area contributed by atoms with Crippen LogP contribution in [0.15, 0.2) is 54.6 Å². The van der Waals surface area contributed by atoms with Gasteiger partial charge >= 0.3 is 0 Å². The fourth-order valence-corrected chi connectivity index (χ4v) is 4.15. The van der Waals surface area contributed by atoms with E-state index in [2.05, 4.69) is 27.4 Å². The Hall–Kier alpha value is -3.19. The van der Waals surface area contributed by atoms with Crippen molar-refractivity contribution in [3.05, 3.63) is 60.4 Å². The number of nitrogens with one attached hydrogen (secondary N) is 2. The first-order chi connectivity index (χ1) is 15.1. The van der Waals surface area contributed by atoms with Crippen molar-refractivity contribution in [2.75, 3.05) is 25.0 Å². The minimum Gasteiger partial charge on any atom is -0.352 e. The van der Waals surface area contributed by atoms with Crippen LogP contribution in [0, 0.1) is 0 Å². The Morgan fingerprint density at radius 3 is 2.42 bits per heavy atom. The second-order valence-electron chi connectivity index (χ2n) is 7.99. The highest BCUT2D eigenvalue weighted by Gasteiger charge is 2.23. The number of benzene rings is 2. The van der Waals surface area contributed by atoms with Gasteiger partial charge in [0.1, 0.15) is 12.4 Å². The van der Waals surface area contributed by atoms with Crippen LogP contribution in [0.4, 0.5) is 5.69 Å². The van der Waals surface area contributed by atoms with Gasteiger partial charge in [0.2, 0.25) is 11.8 Å². The number of hydrogen-bond acceptors (Lipinski definition) is 4. The minimum absolute atomic E-state index is 0.00670. The highest BCUT2D eigenvalue weighted by atomic mass is 16.2. The molecule has 31 heavy (non-hydrogen) atoms. The van der Waals surface area contributed by atoms with Crippen LogP contribution >= 0.6 is 0 Å². The fourth-order valence-electron chi connectivity index (χ4n) is 4.15. The molecule has 0 radical (unpaired) electrons. The Morgan fingerprint density at radius 2 is 1.68 bits per heavy atom. The largest absolute Gasteiger partial charge is 0.352 e. The second kappa shape index (κ2) is 9.75. The summed E-state index contributed by atoms with van der Waals surface area (Å²) in [5, 5.41) is 6.10. The van der Waals surface area contributed by atoms with Gasteiger partial charge in [-0.25, -0.2) is 4.98 Å². The van der Waals surface area contributed by atoms with Crippen LogP contribution in [0.2, 0.25) is 0 Å². The molecule has 0 unspecified atom stereocenters. The van der Waals surface area contributed by atoms with Crippen molar-refractivity contribution in [2.24, 2.45) is 0 Å². The summed E-state index contributed by atoms with van der Waals surface area (Å²) < 4.78 is 2.01. The number of fused-ring (bicyclic) bond motifs is 1. The fraction of sp³-hybridized carbons (Fsp3) is 0.375. The predicted octanol–water partition coefficient (Wildman–Crippen LogP) is 2.82. The van der Waals surface area contributed by atoms with E-state index in [1.54, 1.807) is 0 Å². The normalized spacial score (nSPS) is 15.1. The van der Waals surface area contributed by atoms with Crippen LogP contribution in [0.3, 0.4) is 0 Å². The Labute approximate surface area is 182 Å². The van der Waals surface area contributed by atoms with E-state index in [0.717, 1.165) is 54.9 Å². The summed E-state index contributed by atoms with van der Waals surface area (Å²) in [6, 6.07) is 17.6. The Balaban J connectivity index is 1.25. The number of aromatic nitrogens is 2. The second-order valence-corrected chi connectivity index (χ2v) is 7.99. The van der Waals surface area contributed by atoms with Gasteiger partial charge in [0.25, 0.3) is 0 Å². The van der Waals surface area contributed by atoms with Gasteiger partial charge < -0.3 is 15.2 Å². The molecule has 2 amide bonds. The molecule has 0 bridgehead atoms. The summed E-state index contributed by atoms with van der Waals surface area (Å²) in [7, 11) is 0. The van der Waals surface area contributed by atoms with Crippen LogP contribution in [0.1, 0.15) is 25.6 Å². The molecule has 1 saturated heterocycles. The number of rotatable bonds is 7. The standard InChI is InChI=1S/C24H29N5O2/c1-2-22-27-20-10-6-7-11-21(20)29(22)17-24(31)26-19-12-14-28(15-13-19)16-23(30)25-18-8-4-3-5-9-18/h3-11,19H,2,12-17H2,1H3,(H,25,30)(H,26,31). The zero-order valence-corrected chi connectivity index (χ0v) is 17.9. The van der Waals surface area contributed by atoms with Gasteiger partial charge in [-0.1, -0.05) is 37.3 Å². The summed E-state index contributed by atoms with van der Waals surface area (Å²) in [6.45, 7) is 4.29. The molecule has 7 nitrogen and oxygen atoms in total. The van der Waals surface area contributed by atoms with Crippen LogP contribution < -0.4 is 10.6 Å². The van der Waals surface area contributed by atoms with Crippen molar-refractivity contribution >= 4 is 28.5 Å². The molecule has 4 rings (SSSR count). The number of carbonyl (C=O) groups is 2. The molecule has 0 spiro atoms. The lowest BCUT2D eigenvalue weighted by molar-refractivity contribution is -0.123. The van der Waals surface area contributed by atoms with Gasteiger partial charge in [0.05, 0.1) is 17.6 Å². The third-order valence-corrected chi connectivity index (χ3v) is 5.73. The molecule has 2 aromatic carbocycles. The third kappa shape index (κ3) is 5.30. The van der Waals surface area contributed by atoms with Gasteiger partial charge in [-0.15, -0.1) is 0 Å². The van der Waals surface area contributed by atoms with E-state index < -0.39 is 0 Å². The molecule has 7 heteroatoms. The maximum absolute atomic E-state index is 12.7. The average molecular weight is 420 g/mol. The molecular formula is C24H29N5O2. The van der Waals surface area contributed by atoms with Crippen molar-refractivity contribution in [1.82, 2.24) is 19.8 Å². The Bertz CT molecular complexity index is 1040. The quantitative estimate of drug-likeness (QED) is 0.617. The average Bonchev–Trinajstić information content (AvgIpc) is 3.13. The monoisotopic (exact) mass is 419 g/mol. The number of aryl methyl sites for hydroxylation is 1. The topological polar surface area (TPSA) is 79.3 Å². The first kappa shape index (κ1) is 21.1. The molecule has 2 heterocycles. The number of hydrogen-bond donors (Lipinski definition) is 2. The summed E-state index contributed by atoms with van der Waals surface area (Å²) in [4.78, 5) is 31.7. The van der Waals surface area contributed by atoms with Gasteiger partial charge in [-0.2, -0.15) is 0 Å². The van der Waals surface area contributed by atoms with Crippen molar-refractivity contribution < 1.29 is 9.59 Å². The SMILES string of the molecule is CCc1nc2ccccc2n1CC(=O)NC1CCN(CC(=O)Nc2ccccc2)CC1. The van der Waals surface area contributed by atoms with E-state index in [9.17, 15) is 9.59 Å². The van der Waals surface area contributed by atoms with E-state index in [-0.39, 0.29) is 24.4 Å². The van der Waals surface area contributed by atoms with Gasteiger partial charge in [0, 0.05) is 31.2 Å². The van der Waals surface area contributed by atoms with Gasteiger partial charge in [0.15, 0.2) is 0 Å². The lowest BCUT2D eigenvalue weighted by Crippen LogP contribution is -2.47. The molecule has 0 saturated carbocycles. The lowest BCUT2D eigenvalue weighted by atomic mass is 10.0. The number of imidazole rings is 1. The van der Waals surface area contributed by atoms with Crippen molar-refractivity contribution in [1.29, 1.82) is 0 Å². The molecule has 1 aliphatic heterocycles. The smallest absolute Gasteiger partial charge is 0.240 e. The number of likely N-dealkylation sites (tertiary alicyclic amines) is 1. The first-order valence-electron chi connectivity index (χ1n) is 10.9. The molecule has 0 atom stereocenters. The predicted molar refractivity (Wildman–Crippen MR) is 122 cm³/mol. The maximum Gasteiger partial charge on any atom is 0.240 e. The summed E-state index contributed by atoms with van der Waals surface area (Å²) in [5.41, 5.74) is 2.73. The highest BCUT2D eigenvalue weighted by Crippen LogP contribution is 2.17. The third-order valence-electron chi connectivity index (χ3n) is 5.73. The summed E-state index contributed by atoms with van der Waals surface area (Å²) in [5.74, 6) is 0.932. The van der Waals surface area contributed by atoms with E-state index in [4.69, 9.17) is 0 Å². The molecule has 162 valence electrons. The molecule has 1 fully saturated rings. The van der Waals surface area contributed by atoms with E-state index in [0.29, 0.717) is 6.54 Å². The molecule has 1 aliphatic rings. The van der Waals surface area contributed by atoms with Gasteiger partial charge in [-0.05, 0) is 37.1 Å². The summed E-state index contributed by atoms with van der Waals surface area (Å²) >= 11 is 0. The number of nitrogens with zero attached hydrogens (tertiary/aromatic N) is 3. The van der Waals surface area contributed by atoms with E-state index in [1.165, 1.54) is 0 Å². The minimum atomic E-state index is -0.00670. The molecule has 3 aromatic rings. The van der Waals surface area contributed by atoms with Gasteiger partial charge in [-0.3, -0.25) is 14.5 Å². The van der Waals surface area contributed by atoms with Crippen LogP contribution in [0.25, 0.3) is 11.0 Å². The summed E-state index contributed by atoms with van der Waals surface area (Å²) in [6.07, 6.45) is 2.47. The zero-order valence-electron chi connectivity index (χ0n) is 17.9. The van der Waals surface area contributed by atoms with Crippen molar-refractivity contribution in [3.8, 4) is 0 Å². The Morgan fingerprint density at radius 1 is 0.968 bits per heavy atom. The molecular weight excluding hydrogens is 390 g/mol. The lowest BCUT2D eigenvalue weighted by Gasteiger charge is -2.32. The molecule has 0 aliphatic carbocycles. The highest BCUT2D eigenvalue weighted by molar-refractivity contribution is 5.92. The first-order valence-corrected chi connectivity index (χ1v) is 10.9.